The van der Waals surface area contributed by atoms with Gasteiger partial charge in [-0.05, 0) is 31.4 Å². The highest BCUT2D eigenvalue weighted by Crippen LogP contribution is 2.47. The van der Waals surface area contributed by atoms with Crippen molar-refractivity contribution in [2.45, 2.75) is 31.2 Å². The van der Waals surface area contributed by atoms with E-state index in [-0.39, 0.29) is 17.8 Å². The molecule has 19 heavy (non-hydrogen) atoms. The number of hydrogen-bond donors (Lipinski definition) is 0. The molecule has 0 bridgehead atoms. The Kier molecular flexibility index (Phi) is 2.62. The lowest BCUT2D eigenvalue weighted by Crippen LogP contribution is -2.55. The summed E-state index contributed by atoms with van der Waals surface area (Å²) in [6, 6.07) is 7.38. The van der Waals surface area contributed by atoms with Crippen LogP contribution in [0.15, 0.2) is 24.3 Å². The lowest BCUT2D eigenvalue weighted by molar-refractivity contribution is -0.145. The van der Waals surface area contributed by atoms with E-state index >= 15 is 0 Å². The van der Waals surface area contributed by atoms with E-state index in [2.05, 4.69) is 0 Å². The van der Waals surface area contributed by atoms with Crippen molar-refractivity contribution in [3.8, 4) is 0 Å². The Morgan fingerprint density at radius 1 is 1.42 bits per heavy atom. The van der Waals surface area contributed by atoms with Gasteiger partial charge in [0.1, 0.15) is 5.92 Å². The molecular formula is C15H17NO3. The van der Waals surface area contributed by atoms with E-state index in [1.165, 1.54) is 7.11 Å². The Labute approximate surface area is 112 Å². The van der Waals surface area contributed by atoms with Crippen molar-refractivity contribution in [1.29, 1.82) is 0 Å². The van der Waals surface area contributed by atoms with Crippen molar-refractivity contribution < 1.29 is 14.3 Å². The van der Waals surface area contributed by atoms with Crippen molar-refractivity contribution in [2.24, 2.45) is 0 Å². The Morgan fingerprint density at radius 3 is 2.89 bits per heavy atom. The number of esters is 1. The number of methoxy groups -OCH3 is 1. The fraction of sp³-hybridized carbons (Fsp3) is 0.467. The van der Waals surface area contributed by atoms with Gasteiger partial charge in [-0.1, -0.05) is 18.2 Å². The third kappa shape index (κ3) is 1.52. The average molecular weight is 259 g/mol. The van der Waals surface area contributed by atoms with Crippen LogP contribution in [0.1, 0.15) is 41.6 Å². The van der Waals surface area contributed by atoms with Crippen LogP contribution in [0.2, 0.25) is 0 Å². The summed E-state index contributed by atoms with van der Waals surface area (Å²) in [7, 11) is 1.41. The number of fused-ring (bicyclic) bond motifs is 2. The molecule has 1 aromatic rings. The summed E-state index contributed by atoms with van der Waals surface area (Å²) in [5.74, 6) is -0.598. The first-order valence-electron chi connectivity index (χ1n) is 6.58. The normalized spacial score (nSPS) is 28.8. The van der Waals surface area contributed by atoms with Gasteiger partial charge in [0.05, 0.1) is 12.6 Å². The summed E-state index contributed by atoms with van der Waals surface area (Å²) >= 11 is 0. The zero-order valence-electron chi connectivity index (χ0n) is 11.2. The van der Waals surface area contributed by atoms with Crippen molar-refractivity contribution in [3.63, 3.8) is 0 Å². The summed E-state index contributed by atoms with van der Waals surface area (Å²) < 4.78 is 4.98. The fourth-order valence-electron chi connectivity index (χ4n) is 3.54. The van der Waals surface area contributed by atoms with Gasteiger partial charge in [0, 0.05) is 12.1 Å². The number of amides is 1. The lowest BCUT2D eigenvalue weighted by Gasteiger charge is -2.45. The smallest absolute Gasteiger partial charge is 0.315 e. The number of rotatable bonds is 1. The quantitative estimate of drug-likeness (QED) is 0.724. The molecule has 0 aliphatic carbocycles. The zero-order valence-corrected chi connectivity index (χ0v) is 11.2. The molecule has 0 spiro atoms. The SMILES string of the molecule is COC(=O)[C@@H]1c2ccccc2C(=O)N2CCC[C@]12C. The van der Waals surface area contributed by atoms with Crippen LogP contribution in [0, 0.1) is 0 Å². The van der Waals surface area contributed by atoms with E-state index in [1.54, 1.807) is 6.07 Å². The second kappa shape index (κ2) is 4.08. The van der Waals surface area contributed by atoms with Crippen LogP contribution in [0.25, 0.3) is 0 Å². The molecule has 1 aromatic carbocycles. The molecule has 1 saturated heterocycles. The number of carbonyl (C=O) groups is 2. The lowest BCUT2D eigenvalue weighted by atomic mass is 9.74. The highest BCUT2D eigenvalue weighted by Gasteiger charge is 2.54. The third-order valence-electron chi connectivity index (χ3n) is 4.49. The Bertz CT molecular complexity index is 554. The van der Waals surface area contributed by atoms with Crippen molar-refractivity contribution in [3.05, 3.63) is 35.4 Å². The van der Waals surface area contributed by atoms with Crippen LogP contribution >= 0.6 is 0 Å². The van der Waals surface area contributed by atoms with Crippen molar-refractivity contribution >= 4 is 11.9 Å². The van der Waals surface area contributed by atoms with Crippen molar-refractivity contribution in [2.75, 3.05) is 13.7 Å². The highest BCUT2D eigenvalue weighted by atomic mass is 16.5. The molecule has 2 aliphatic rings. The molecule has 4 heteroatoms. The number of hydrogen-bond acceptors (Lipinski definition) is 3. The van der Waals surface area contributed by atoms with Crippen LogP contribution in [-0.2, 0) is 9.53 Å². The van der Waals surface area contributed by atoms with Crippen LogP contribution in [0.4, 0.5) is 0 Å². The molecule has 0 unspecified atom stereocenters. The van der Waals surface area contributed by atoms with E-state index in [1.807, 2.05) is 30.0 Å². The first-order chi connectivity index (χ1) is 9.09. The standard InChI is InChI=1S/C15H17NO3/c1-15-8-5-9-16(15)13(17)11-7-4-3-6-10(11)12(15)14(18)19-2/h3-4,6-7,12H,5,8-9H2,1-2H3/t12-,15+/m0/s1. The van der Waals surface area contributed by atoms with Gasteiger partial charge in [0.2, 0.25) is 0 Å². The summed E-state index contributed by atoms with van der Waals surface area (Å²) in [5, 5.41) is 0. The molecule has 100 valence electrons. The number of ether oxygens (including phenoxy) is 1. The molecule has 2 atom stereocenters. The number of carbonyl (C=O) groups excluding carboxylic acids is 2. The van der Waals surface area contributed by atoms with Crippen LogP contribution in [-0.4, -0.2) is 36.0 Å². The fourth-order valence-corrected chi connectivity index (χ4v) is 3.54. The maximum absolute atomic E-state index is 12.5. The van der Waals surface area contributed by atoms with Crippen LogP contribution < -0.4 is 0 Å². The maximum atomic E-state index is 12.5. The summed E-state index contributed by atoms with van der Waals surface area (Å²) in [6.07, 6.45) is 1.77. The Hall–Kier alpha value is -1.84. The Morgan fingerprint density at radius 2 is 2.16 bits per heavy atom. The van der Waals surface area contributed by atoms with Gasteiger partial charge in [0.15, 0.2) is 0 Å². The molecule has 0 aromatic heterocycles. The molecular weight excluding hydrogens is 242 g/mol. The van der Waals surface area contributed by atoms with Gasteiger partial charge in [-0.25, -0.2) is 0 Å². The largest absolute Gasteiger partial charge is 0.468 e. The minimum absolute atomic E-state index is 0.0377. The molecule has 0 saturated carbocycles. The average Bonchev–Trinajstić information content (AvgIpc) is 2.81. The van der Waals surface area contributed by atoms with Gasteiger partial charge in [-0.3, -0.25) is 9.59 Å². The van der Waals surface area contributed by atoms with Crippen LogP contribution in [0.3, 0.4) is 0 Å². The topological polar surface area (TPSA) is 46.6 Å². The van der Waals surface area contributed by atoms with E-state index < -0.39 is 5.54 Å². The first-order valence-corrected chi connectivity index (χ1v) is 6.58. The van der Waals surface area contributed by atoms with Gasteiger partial charge < -0.3 is 9.64 Å². The Balaban J connectivity index is 2.22. The van der Waals surface area contributed by atoms with E-state index in [0.29, 0.717) is 5.56 Å². The molecule has 0 N–H and O–H groups in total. The third-order valence-corrected chi connectivity index (χ3v) is 4.49. The van der Waals surface area contributed by atoms with E-state index in [0.717, 1.165) is 24.9 Å². The molecule has 3 rings (SSSR count). The molecule has 1 fully saturated rings. The highest BCUT2D eigenvalue weighted by molar-refractivity contribution is 6.01. The monoisotopic (exact) mass is 259 g/mol. The molecule has 2 aliphatic heterocycles. The van der Waals surface area contributed by atoms with Gasteiger partial charge in [-0.2, -0.15) is 0 Å². The van der Waals surface area contributed by atoms with E-state index in [4.69, 9.17) is 4.74 Å². The summed E-state index contributed by atoms with van der Waals surface area (Å²) in [6.45, 7) is 2.71. The predicted molar refractivity (Wildman–Crippen MR) is 69.9 cm³/mol. The minimum Gasteiger partial charge on any atom is -0.468 e. The minimum atomic E-state index is -0.446. The van der Waals surface area contributed by atoms with Crippen LogP contribution in [0.5, 0.6) is 0 Å². The maximum Gasteiger partial charge on any atom is 0.315 e. The number of benzene rings is 1. The van der Waals surface area contributed by atoms with E-state index in [9.17, 15) is 9.59 Å². The van der Waals surface area contributed by atoms with Gasteiger partial charge in [-0.15, -0.1) is 0 Å². The second-order valence-electron chi connectivity index (χ2n) is 5.46. The zero-order chi connectivity index (χ0) is 13.6. The van der Waals surface area contributed by atoms with Gasteiger partial charge in [0.25, 0.3) is 5.91 Å². The first kappa shape index (κ1) is 12.2. The molecule has 2 heterocycles. The summed E-state index contributed by atoms with van der Waals surface area (Å²) in [4.78, 5) is 26.6. The second-order valence-corrected chi connectivity index (χ2v) is 5.46. The molecule has 4 nitrogen and oxygen atoms in total. The molecule has 0 radical (unpaired) electrons. The van der Waals surface area contributed by atoms with Gasteiger partial charge >= 0.3 is 5.97 Å². The summed E-state index contributed by atoms with van der Waals surface area (Å²) in [5.41, 5.74) is 0.996. The predicted octanol–water partition coefficient (Wildman–Crippen LogP) is 1.95. The number of nitrogens with zero attached hydrogens (tertiary/aromatic N) is 1. The van der Waals surface area contributed by atoms with Crippen molar-refractivity contribution in [1.82, 2.24) is 4.90 Å². The molecule has 1 amide bonds.